The third-order valence-electron chi connectivity index (χ3n) is 4.50. The monoisotopic (exact) mass is 399 g/mol. The Morgan fingerprint density at radius 1 is 1.21 bits per heavy atom. The molecule has 0 radical (unpaired) electrons. The Morgan fingerprint density at radius 2 is 1.89 bits per heavy atom. The van der Waals surface area contributed by atoms with Crippen molar-refractivity contribution in [1.82, 2.24) is 24.7 Å². The molecule has 0 aliphatic heterocycles. The van der Waals surface area contributed by atoms with Crippen molar-refractivity contribution >= 4 is 23.5 Å². The molecule has 1 atom stereocenters. The normalized spacial score (nSPS) is 12.0. The lowest BCUT2D eigenvalue weighted by molar-refractivity contribution is 0.0599. The Labute approximate surface area is 166 Å². The first-order valence-corrected chi connectivity index (χ1v) is 9.51. The van der Waals surface area contributed by atoms with Crippen LogP contribution in [0.1, 0.15) is 39.0 Å². The standard InChI is InChI=1S/C19H21N5O3S/c1-10-14(18(26)27-5)11(2)21-15(10)16(25)12(3)28-19-23-22-17(24(19)4)13-6-8-20-9-7-13/h6-9,12,21H,1-5H3/t12-/m1/s1. The van der Waals surface area contributed by atoms with Crippen LogP contribution in [0.2, 0.25) is 0 Å². The molecule has 0 bridgehead atoms. The first-order valence-electron chi connectivity index (χ1n) is 8.63. The molecule has 0 fully saturated rings. The summed E-state index contributed by atoms with van der Waals surface area (Å²) in [5.74, 6) is 0.125. The fourth-order valence-corrected chi connectivity index (χ4v) is 3.86. The number of aryl methyl sites for hydroxylation is 1. The van der Waals surface area contributed by atoms with E-state index in [2.05, 4.69) is 20.2 Å². The van der Waals surface area contributed by atoms with Gasteiger partial charge in [0, 0.05) is 30.7 Å². The summed E-state index contributed by atoms with van der Waals surface area (Å²) in [5.41, 5.74) is 2.92. The van der Waals surface area contributed by atoms with Gasteiger partial charge in [0.15, 0.2) is 16.8 Å². The summed E-state index contributed by atoms with van der Waals surface area (Å²) in [7, 11) is 3.18. The van der Waals surface area contributed by atoms with Crippen LogP contribution < -0.4 is 0 Å². The third kappa shape index (κ3) is 3.57. The van der Waals surface area contributed by atoms with E-state index in [-0.39, 0.29) is 5.78 Å². The lowest BCUT2D eigenvalue weighted by Crippen LogP contribution is -2.16. The number of aromatic amines is 1. The zero-order chi connectivity index (χ0) is 20.4. The number of hydrogen-bond donors (Lipinski definition) is 1. The molecule has 0 spiro atoms. The Kier molecular flexibility index (Phi) is 5.64. The van der Waals surface area contributed by atoms with E-state index >= 15 is 0 Å². The van der Waals surface area contributed by atoms with Crippen LogP contribution in [0.15, 0.2) is 29.7 Å². The first kappa shape index (κ1) is 19.8. The fourth-order valence-electron chi connectivity index (χ4n) is 2.99. The maximum Gasteiger partial charge on any atom is 0.339 e. The largest absolute Gasteiger partial charge is 0.465 e. The van der Waals surface area contributed by atoms with Gasteiger partial charge in [-0.1, -0.05) is 11.8 Å². The molecular formula is C19H21N5O3S. The lowest BCUT2D eigenvalue weighted by atomic mass is 10.1. The smallest absolute Gasteiger partial charge is 0.339 e. The van der Waals surface area contributed by atoms with Crippen molar-refractivity contribution in [3.05, 3.63) is 47.0 Å². The average Bonchev–Trinajstić information content (AvgIpc) is 3.20. The number of Topliss-reactive ketones (excluding diaryl/α,β-unsaturated/α-hetero) is 1. The minimum atomic E-state index is -0.457. The van der Waals surface area contributed by atoms with E-state index in [1.165, 1.54) is 18.9 Å². The van der Waals surface area contributed by atoms with Crippen molar-refractivity contribution in [3.8, 4) is 11.4 Å². The number of H-pyrrole nitrogens is 1. The van der Waals surface area contributed by atoms with Gasteiger partial charge in [-0.15, -0.1) is 10.2 Å². The van der Waals surface area contributed by atoms with Gasteiger partial charge in [0.2, 0.25) is 0 Å². The summed E-state index contributed by atoms with van der Waals surface area (Å²) in [6.45, 7) is 5.29. The molecule has 9 heteroatoms. The minimum Gasteiger partial charge on any atom is -0.465 e. The Hall–Kier alpha value is -2.94. The average molecular weight is 399 g/mol. The molecule has 3 aromatic heterocycles. The number of ether oxygens (including phenoxy) is 1. The number of hydrogen-bond acceptors (Lipinski definition) is 7. The van der Waals surface area contributed by atoms with Gasteiger partial charge in [0.1, 0.15) is 0 Å². The summed E-state index contributed by atoms with van der Waals surface area (Å²) < 4.78 is 6.65. The van der Waals surface area contributed by atoms with Crippen molar-refractivity contribution in [2.45, 2.75) is 31.2 Å². The molecule has 0 unspecified atom stereocenters. The van der Waals surface area contributed by atoms with E-state index in [4.69, 9.17) is 4.74 Å². The molecule has 0 aliphatic carbocycles. The number of carbonyl (C=O) groups excluding carboxylic acids is 2. The first-order chi connectivity index (χ1) is 13.3. The predicted molar refractivity (Wildman–Crippen MR) is 105 cm³/mol. The minimum absolute atomic E-state index is 0.116. The molecule has 28 heavy (non-hydrogen) atoms. The van der Waals surface area contributed by atoms with Crippen LogP contribution >= 0.6 is 11.8 Å². The van der Waals surface area contributed by atoms with Gasteiger partial charge < -0.3 is 14.3 Å². The maximum absolute atomic E-state index is 13.0. The van der Waals surface area contributed by atoms with Crippen LogP contribution in [0.5, 0.6) is 0 Å². The van der Waals surface area contributed by atoms with E-state index in [1.807, 2.05) is 23.7 Å². The van der Waals surface area contributed by atoms with Gasteiger partial charge in [-0.25, -0.2) is 4.79 Å². The third-order valence-corrected chi connectivity index (χ3v) is 5.63. The molecule has 3 rings (SSSR count). The van der Waals surface area contributed by atoms with Crippen molar-refractivity contribution < 1.29 is 14.3 Å². The van der Waals surface area contributed by atoms with Crippen LogP contribution in [0, 0.1) is 13.8 Å². The second-order valence-corrected chi connectivity index (χ2v) is 7.65. The highest BCUT2D eigenvalue weighted by Gasteiger charge is 2.27. The molecule has 3 aromatic rings. The van der Waals surface area contributed by atoms with Crippen molar-refractivity contribution in [1.29, 1.82) is 0 Å². The van der Waals surface area contributed by atoms with E-state index in [0.717, 1.165) is 5.56 Å². The highest BCUT2D eigenvalue weighted by molar-refractivity contribution is 8.00. The number of aromatic nitrogens is 5. The second kappa shape index (κ2) is 7.97. The van der Waals surface area contributed by atoms with Crippen LogP contribution in [-0.2, 0) is 11.8 Å². The van der Waals surface area contributed by atoms with Gasteiger partial charge in [0.25, 0.3) is 0 Å². The zero-order valence-corrected chi connectivity index (χ0v) is 17.1. The maximum atomic E-state index is 13.0. The Morgan fingerprint density at radius 3 is 2.54 bits per heavy atom. The molecule has 0 saturated heterocycles. The molecule has 146 valence electrons. The summed E-state index contributed by atoms with van der Waals surface area (Å²) in [5, 5.41) is 8.64. The molecular weight excluding hydrogens is 378 g/mol. The molecule has 3 heterocycles. The number of esters is 1. The number of nitrogens with one attached hydrogen (secondary N) is 1. The number of thioether (sulfide) groups is 1. The van der Waals surface area contributed by atoms with E-state index in [1.54, 1.807) is 33.2 Å². The van der Waals surface area contributed by atoms with E-state index in [0.29, 0.717) is 33.5 Å². The number of carbonyl (C=O) groups is 2. The molecule has 0 aromatic carbocycles. The summed E-state index contributed by atoms with van der Waals surface area (Å²) >= 11 is 1.31. The van der Waals surface area contributed by atoms with Gasteiger partial charge >= 0.3 is 5.97 Å². The van der Waals surface area contributed by atoms with Crippen molar-refractivity contribution in [2.24, 2.45) is 7.05 Å². The lowest BCUT2D eigenvalue weighted by Gasteiger charge is -2.10. The van der Waals surface area contributed by atoms with Crippen LogP contribution in [0.25, 0.3) is 11.4 Å². The number of pyridine rings is 1. The summed E-state index contributed by atoms with van der Waals surface area (Å²) in [4.78, 5) is 31.9. The summed E-state index contributed by atoms with van der Waals surface area (Å²) in [6.07, 6.45) is 3.39. The van der Waals surface area contributed by atoms with Crippen LogP contribution in [0.3, 0.4) is 0 Å². The second-order valence-electron chi connectivity index (χ2n) is 6.34. The van der Waals surface area contributed by atoms with Gasteiger partial charge in [-0.2, -0.15) is 0 Å². The van der Waals surface area contributed by atoms with E-state index < -0.39 is 11.2 Å². The number of methoxy groups -OCH3 is 1. The Bertz CT molecular complexity index is 1030. The number of ketones is 1. The fraction of sp³-hybridized carbons (Fsp3) is 0.316. The zero-order valence-electron chi connectivity index (χ0n) is 16.3. The van der Waals surface area contributed by atoms with Crippen LogP contribution in [-0.4, -0.2) is 48.8 Å². The predicted octanol–water partition coefficient (Wildman–Crippen LogP) is 2.97. The Balaban J connectivity index is 1.83. The van der Waals surface area contributed by atoms with Gasteiger partial charge in [-0.05, 0) is 38.5 Å². The van der Waals surface area contributed by atoms with Crippen LogP contribution in [0.4, 0.5) is 0 Å². The van der Waals surface area contributed by atoms with E-state index in [9.17, 15) is 9.59 Å². The SMILES string of the molecule is COC(=O)c1c(C)[nH]c(C(=O)[C@@H](C)Sc2nnc(-c3ccncc3)n2C)c1C. The van der Waals surface area contributed by atoms with Gasteiger partial charge in [-0.3, -0.25) is 9.78 Å². The molecule has 0 aliphatic rings. The molecule has 1 N–H and O–H groups in total. The van der Waals surface area contributed by atoms with Gasteiger partial charge in [0.05, 0.1) is 23.6 Å². The summed E-state index contributed by atoms with van der Waals surface area (Å²) in [6, 6.07) is 3.71. The topological polar surface area (TPSA) is 103 Å². The quantitative estimate of drug-likeness (QED) is 0.386. The number of nitrogens with zero attached hydrogens (tertiary/aromatic N) is 4. The highest BCUT2D eigenvalue weighted by atomic mass is 32.2. The molecule has 8 nitrogen and oxygen atoms in total. The highest BCUT2D eigenvalue weighted by Crippen LogP contribution is 2.29. The van der Waals surface area contributed by atoms with Crippen molar-refractivity contribution in [2.75, 3.05) is 7.11 Å². The molecule has 0 amide bonds. The molecule has 0 saturated carbocycles. The van der Waals surface area contributed by atoms with Crippen molar-refractivity contribution in [3.63, 3.8) is 0 Å². The number of rotatable bonds is 6.